The van der Waals surface area contributed by atoms with Gasteiger partial charge < -0.3 is 20.1 Å². The van der Waals surface area contributed by atoms with Crippen molar-refractivity contribution in [2.75, 3.05) is 44.3 Å². The van der Waals surface area contributed by atoms with Gasteiger partial charge in [0, 0.05) is 26.2 Å². The second-order valence-corrected chi connectivity index (χ2v) is 22.3. The third-order valence-corrected chi connectivity index (χ3v) is 18.8. The SMILES string of the molecule is C=C(C)[C@@H]1CC[C@]2(CNC(=O)OCCCN3CCS(O)(O)CC3)CC[C@]3(C)[C@H](CC[C@@H]4[C@@]5(C)CC=C(c6ccc(C(=O)O)cc6)C(C)(C)[C@@H]5CC[C@]43C)[C@@H]12. The van der Waals surface area contributed by atoms with Gasteiger partial charge in [0.05, 0.1) is 23.7 Å². The Kier molecular flexibility index (Phi) is 10.5. The van der Waals surface area contributed by atoms with Crippen LogP contribution in [0.5, 0.6) is 0 Å². The van der Waals surface area contributed by atoms with Gasteiger partial charge in [-0.3, -0.25) is 9.11 Å². The summed E-state index contributed by atoms with van der Waals surface area (Å²) in [5.41, 5.74) is 4.84. The molecule has 5 aliphatic carbocycles. The molecule has 9 atom stereocenters. The van der Waals surface area contributed by atoms with Crippen LogP contribution in [0.3, 0.4) is 0 Å². The van der Waals surface area contributed by atoms with Gasteiger partial charge in [-0.1, -0.05) is 65.0 Å². The van der Waals surface area contributed by atoms with E-state index in [0.29, 0.717) is 72.9 Å². The Labute approximate surface area is 326 Å². The van der Waals surface area contributed by atoms with E-state index >= 15 is 0 Å². The summed E-state index contributed by atoms with van der Waals surface area (Å²) in [6, 6.07) is 7.54. The molecule has 0 bridgehead atoms. The summed E-state index contributed by atoms with van der Waals surface area (Å²) < 4.78 is 25.5. The van der Waals surface area contributed by atoms with Gasteiger partial charge in [0.25, 0.3) is 0 Å². The van der Waals surface area contributed by atoms with Gasteiger partial charge >= 0.3 is 12.1 Å². The van der Waals surface area contributed by atoms with Crippen LogP contribution in [0.4, 0.5) is 4.79 Å². The standard InChI is InChI=1S/C45H68N2O6S/c1-30(2)33-15-20-45(29-46-40(50)53-26-8-23-47-24-27-54(51,52)28-25-47)22-21-43(6)35(38(33)45)13-14-37-42(5)18-16-34(31-9-11-32(12-10-31)39(48)49)41(3,4)36(42)17-19-44(37,43)7/h9-12,16,33,35-38,51-52H,1,8,13-15,17-29H2,2-7H3,(H,46,50)(H,48,49)/t33-,35+,36-,37+,38+,42-,43+,44+,45+/m0/s1. The quantitative estimate of drug-likeness (QED) is 0.146. The van der Waals surface area contributed by atoms with Gasteiger partial charge in [0.1, 0.15) is 0 Å². The molecule has 1 heterocycles. The number of carbonyl (C=O) groups is 2. The van der Waals surface area contributed by atoms with Crippen LogP contribution >= 0.6 is 10.6 Å². The number of hydrogen-bond donors (Lipinski definition) is 4. The summed E-state index contributed by atoms with van der Waals surface area (Å²) in [7, 11) is -2.40. The number of carboxylic acid groups (broad SMARTS) is 1. The molecule has 54 heavy (non-hydrogen) atoms. The summed E-state index contributed by atoms with van der Waals surface area (Å²) in [5, 5.41) is 12.8. The first kappa shape index (κ1) is 39.9. The van der Waals surface area contributed by atoms with Crippen LogP contribution in [-0.4, -0.2) is 75.5 Å². The zero-order valence-corrected chi connectivity index (χ0v) is 34.7. The van der Waals surface area contributed by atoms with Crippen LogP contribution in [-0.2, 0) is 4.74 Å². The Bertz CT molecular complexity index is 1650. The molecule has 4 saturated carbocycles. The first-order chi connectivity index (χ1) is 25.4. The molecule has 6 aliphatic rings. The minimum absolute atomic E-state index is 0.0172. The van der Waals surface area contributed by atoms with Crippen molar-refractivity contribution in [2.45, 2.75) is 106 Å². The van der Waals surface area contributed by atoms with E-state index in [1.165, 1.54) is 43.3 Å². The van der Waals surface area contributed by atoms with Crippen LogP contribution in [0.1, 0.15) is 122 Å². The molecule has 4 N–H and O–H groups in total. The zero-order chi connectivity index (χ0) is 38.9. The molecule has 1 amide bonds. The van der Waals surface area contributed by atoms with Crippen LogP contribution in [0, 0.1) is 56.7 Å². The minimum atomic E-state index is -2.40. The number of alkyl carbamates (subject to hydrolysis) is 1. The zero-order valence-electron chi connectivity index (χ0n) is 33.9. The summed E-state index contributed by atoms with van der Waals surface area (Å²) in [6.45, 7) is 22.8. The van der Waals surface area contributed by atoms with Crippen molar-refractivity contribution < 1.29 is 28.5 Å². The lowest BCUT2D eigenvalue weighted by Gasteiger charge is -2.72. The Morgan fingerprint density at radius 1 is 0.926 bits per heavy atom. The van der Waals surface area contributed by atoms with Crippen molar-refractivity contribution in [3.63, 3.8) is 0 Å². The molecule has 0 spiro atoms. The number of nitrogens with zero attached hydrogens (tertiary/aromatic N) is 1. The molecule has 300 valence electrons. The highest BCUT2D eigenvalue weighted by Crippen LogP contribution is 2.77. The number of aromatic carboxylic acids is 1. The van der Waals surface area contributed by atoms with Gasteiger partial charge in [-0.25, -0.2) is 9.59 Å². The smallest absolute Gasteiger partial charge is 0.407 e. The van der Waals surface area contributed by atoms with Crippen molar-refractivity contribution in [1.29, 1.82) is 0 Å². The first-order valence-electron chi connectivity index (χ1n) is 20.9. The van der Waals surface area contributed by atoms with Crippen LogP contribution in [0.2, 0.25) is 0 Å². The molecule has 0 aromatic heterocycles. The highest BCUT2D eigenvalue weighted by atomic mass is 32.3. The molecule has 9 heteroatoms. The van der Waals surface area contributed by atoms with E-state index < -0.39 is 16.6 Å². The second kappa shape index (κ2) is 14.2. The number of ether oxygens (including phenoxy) is 1. The van der Waals surface area contributed by atoms with E-state index in [9.17, 15) is 23.8 Å². The highest BCUT2D eigenvalue weighted by Gasteiger charge is 2.70. The lowest BCUT2D eigenvalue weighted by atomic mass is 9.32. The molecular formula is C45H68N2O6S. The third kappa shape index (κ3) is 6.58. The number of hydrogen-bond acceptors (Lipinski definition) is 6. The Hall–Kier alpha value is -2.33. The van der Waals surface area contributed by atoms with Crippen LogP contribution < -0.4 is 5.32 Å². The van der Waals surface area contributed by atoms with Crippen LogP contribution in [0.15, 0.2) is 42.5 Å². The molecule has 0 unspecified atom stereocenters. The molecule has 5 fully saturated rings. The fraction of sp³-hybridized carbons (Fsp3) is 0.733. The maximum atomic E-state index is 13.1. The number of benzene rings is 1. The lowest BCUT2D eigenvalue weighted by molar-refractivity contribution is -0.225. The number of amides is 1. The van der Waals surface area contributed by atoms with Crippen LogP contribution in [0.25, 0.3) is 5.57 Å². The van der Waals surface area contributed by atoms with Gasteiger partial charge in [-0.05, 0) is 151 Å². The minimum Gasteiger partial charge on any atom is -0.478 e. The predicted octanol–water partition coefficient (Wildman–Crippen LogP) is 10.2. The summed E-state index contributed by atoms with van der Waals surface area (Å²) >= 11 is 0. The Balaban J connectivity index is 1.06. The number of allylic oxidation sites excluding steroid dienone is 3. The summed E-state index contributed by atoms with van der Waals surface area (Å²) in [5.74, 6) is 2.75. The van der Waals surface area contributed by atoms with Gasteiger partial charge in [0.15, 0.2) is 0 Å². The van der Waals surface area contributed by atoms with E-state index in [4.69, 9.17) is 4.74 Å². The molecule has 0 radical (unpaired) electrons. The third-order valence-electron chi connectivity index (χ3n) is 17.2. The van der Waals surface area contributed by atoms with E-state index in [2.05, 4.69) is 64.4 Å². The number of carbonyl (C=O) groups excluding carboxylic acids is 1. The Morgan fingerprint density at radius 3 is 2.30 bits per heavy atom. The number of nitrogens with one attached hydrogen (secondary N) is 1. The maximum Gasteiger partial charge on any atom is 0.407 e. The number of fused-ring (bicyclic) bond motifs is 7. The molecule has 8 nitrogen and oxygen atoms in total. The van der Waals surface area contributed by atoms with Crippen molar-refractivity contribution in [2.24, 2.45) is 56.7 Å². The van der Waals surface area contributed by atoms with Gasteiger partial charge in [0.2, 0.25) is 0 Å². The van der Waals surface area contributed by atoms with Crippen molar-refractivity contribution in [3.8, 4) is 0 Å². The van der Waals surface area contributed by atoms with E-state index in [1.54, 1.807) is 12.1 Å². The maximum absolute atomic E-state index is 13.1. The molecular weight excluding hydrogens is 697 g/mol. The fourth-order valence-electron chi connectivity index (χ4n) is 14.2. The monoisotopic (exact) mass is 764 g/mol. The number of carboxylic acids is 1. The van der Waals surface area contributed by atoms with E-state index in [1.807, 2.05) is 12.1 Å². The predicted molar refractivity (Wildman–Crippen MR) is 219 cm³/mol. The largest absolute Gasteiger partial charge is 0.478 e. The average molecular weight is 765 g/mol. The van der Waals surface area contributed by atoms with Crippen molar-refractivity contribution in [1.82, 2.24) is 10.2 Å². The molecule has 7 rings (SSSR count). The molecule has 1 aromatic rings. The number of rotatable bonds is 9. The fourth-order valence-corrected chi connectivity index (χ4v) is 15.5. The van der Waals surface area contributed by atoms with E-state index in [0.717, 1.165) is 44.2 Å². The second-order valence-electron chi connectivity index (χ2n) is 19.9. The summed E-state index contributed by atoms with van der Waals surface area (Å²) in [4.78, 5) is 26.9. The van der Waals surface area contributed by atoms with Crippen molar-refractivity contribution in [3.05, 3.63) is 53.6 Å². The normalized spacial score (nSPS) is 40.1. The van der Waals surface area contributed by atoms with Gasteiger partial charge in [-0.15, -0.1) is 0 Å². The first-order valence-corrected chi connectivity index (χ1v) is 22.8. The highest BCUT2D eigenvalue weighted by molar-refractivity contribution is 8.24. The average Bonchev–Trinajstić information content (AvgIpc) is 3.50. The Morgan fingerprint density at radius 2 is 1.63 bits per heavy atom. The molecule has 1 aromatic carbocycles. The molecule has 1 saturated heterocycles. The molecule has 1 aliphatic heterocycles. The topological polar surface area (TPSA) is 119 Å². The lowest BCUT2D eigenvalue weighted by Crippen LogP contribution is -2.66. The summed E-state index contributed by atoms with van der Waals surface area (Å²) in [6.07, 6.45) is 13.6. The van der Waals surface area contributed by atoms with Gasteiger partial charge in [-0.2, -0.15) is 10.6 Å². The van der Waals surface area contributed by atoms with Crippen molar-refractivity contribution >= 4 is 28.2 Å². The van der Waals surface area contributed by atoms with E-state index in [-0.39, 0.29) is 33.2 Å².